The summed E-state index contributed by atoms with van der Waals surface area (Å²) in [6.07, 6.45) is 0.219. The number of hydrogen-bond donors (Lipinski definition) is 0. The zero-order valence-electron chi connectivity index (χ0n) is 6.40. The molecule has 0 bridgehead atoms. The molecule has 0 aromatic heterocycles. The minimum absolute atomic E-state index is 0.0355. The Morgan fingerprint density at radius 3 is 2.58 bits per heavy atom. The second-order valence-corrected chi connectivity index (χ2v) is 2.34. The molecule has 0 unspecified atom stereocenters. The third kappa shape index (κ3) is 1.79. The van der Waals surface area contributed by atoms with E-state index in [1.165, 1.54) is 6.07 Å². The van der Waals surface area contributed by atoms with Crippen LogP contribution in [-0.2, 0) is 11.5 Å². The monoisotopic (exact) mass is 166 g/mol. The molecule has 1 radical (unpaired) electrons. The first kappa shape index (κ1) is 8.67. The van der Waals surface area contributed by atoms with E-state index in [4.69, 9.17) is 0 Å². The van der Waals surface area contributed by atoms with E-state index in [0.29, 0.717) is 5.56 Å². The lowest BCUT2D eigenvalue weighted by atomic mass is 10.1. The molecule has 0 saturated heterocycles. The summed E-state index contributed by atoms with van der Waals surface area (Å²) in [6, 6.07) is 6.30. The summed E-state index contributed by atoms with van der Waals surface area (Å²) in [6.45, 7) is -0.315. The normalized spacial score (nSPS) is 9.75. The largest absolute Gasteiger partial charge is 0.272 e. The molecule has 0 aliphatic heterocycles. The van der Waals surface area contributed by atoms with E-state index < -0.39 is 4.92 Å². The highest BCUT2D eigenvalue weighted by molar-refractivity contribution is 5.39. The van der Waals surface area contributed by atoms with Gasteiger partial charge in [0.05, 0.1) is 11.5 Å². The maximum atomic E-state index is 10.4. The molecule has 0 amide bonds. The third-order valence-corrected chi connectivity index (χ3v) is 1.56. The molecule has 0 spiro atoms. The molecule has 0 saturated carbocycles. The van der Waals surface area contributed by atoms with Gasteiger partial charge in [-0.2, -0.15) is 0 Å². The Hall–Kier alpha value is -1.42. The average Bonchev–Trinajstić information content (AvgIpc) is 2.05. The van der Waals surface area contributed by atoms with Crippen LogP contribution in [0.2, 0.25) is 0 Å². The molecule has 63 valence electrons. The van der Waals surface area contributed by atoms with Gasteiger partial charge in [-0.3, -0.25) is 10.1 Å². The molecule has 1 aromatic carbocycles. The summed E-state index contributed by atoms with van der Waals surface area (Å²) in [7, 11) is 0. The number of benzene rings is 1. The van der Waals surface area contributed by atoms with Gasteiger partial charge in [-0.05, 0) is 0 Å². The van der Waals surface area contributed by atoms with Crippen LogP contribution in [-0.4, -0.2) is 11.5 Å². The second kappa shape index (κ2) is 3.82. The maximum Gasteiger partial charge on any atom is 0.272 e. The Balaban J connectivity index is 3.00. The Morgan fingerprint density at radius 1 is 1.33 bits per heavy atom. The standard InChI is InChI=1S/C8H8NO3/c10-6-5-7-3-1-2-4-8(7)9(11)12/h1-4H,5-6H2. The van der Waals surface area contributed by atoms with E-state index in [-0.39, 0.29) is 18.7 Å². The van der Waals surface area contributed by atoms with Crippen LogP contribution in [0.4, 0.5) is 5.69 Å². The van der Waals surface area contributed by atoms with Crippen LogP contribution in [0.15, 0.2) is 24.3 Å². The van der Waals surface area contributed by atoms with Gasteiger partial charge in [0, 0.05) is 18.1 Å². The Morgan fingerprint density at radius 2 is 2.00 bits per heavy atom. The van der Waals surface area contributed by atoms with Crippen molar-refractivity contribution in [1.82, 2.24) is 0 Å². The summed E-state index contributed by atoms with van der Waals surface area (Å²) < 4.78 is 0. The Labute approximate surface area is 69.6 Å². The molecule has 1 rings (SSSR count). The van der Waals surface area contributed by atoms with E-state index in [9.17, 15) is 15.2 Å². The first-order chi connectivity index (χ1) is 5.75. The molecule has 4 nitrogen and oxygen atoms in total. The van der Waals surface area contributed by atoms with Crippen molar-refractivity contribution in [3.05, 3.63) is 39.9 Å². The van der Waals surface area contributed by atoms with Crippen molar-refractivity contribution in [3.63, 3.8) is 0 Å². The summed E-state index contributed by atoms with van der Waals surface area (Å²) in [5.41, 5.74) is 0.547. The topological polar surface area (TPSA) is 63.0 Å². The van der Waals surface area contributed by atoms with Gasteiger partial charge in [0.25, 0.3) is 5.69 Å². The fourth-order valence-electron chi connectivity index (χ4n) is 1.01. The number of nitrogens with zero attached hydrogens (tertiary/aromatic N) is 1. The smallest absolute Gasteiger partial charge is 0.258 e. The van der Waals surface area contributed by atoms with Crippen LogP contribution in [0, 0.1) is 10.1 Å². The molecule has 0 aliphatic rings. The van der Waals surface area contributed by atoms with Gasteiger partial charge in [0.15, 0.2) is 0 Å². The van der Waals surface area contributed by atoms with Crippen LogP contribution >= 0.6 is 0 Å². The van der Waals surface area contributed by atoms with Crippen LogP contribution in [0.3, 0.4) is 0 Å². The summed E-state index contributed by atoms with van der Waals surface area (Å²) in [5.74, 6) is 0. The SMILES string of the molecule is [O]CCc1ccccc1[N+](=O)[O-]. The highest BCUT2D eigenvalue weighted by Gasteiger charge is 2.10. The highest BCUT2D eigenvalue weighted by Crippen LogP contribution is 2.17. The van der Waals surface area contributed by atoms with E-state index in [2.05, 4.69) is 0 Å². The van der Waals surface area contributed by atoms with Gasteiger partial charge in [0.1, 0.15) is 0 Å². The van der Waals surface area contributed by atoms with E-state index in [1.807, 2.05) is 0 Å². The van der Waals surface area contributed by atoms with Crippen LogP contribution in [0.5, 0.6) is 0 Å². The van der Waals surface area contributed by atoms with E-state index in [0.717, 1.165) is 0 Å². The van der Waals surface area contributed by atoms with Gasteiger partial charge < -0.3 is 0 Å². The Kier molecular flexibility index (Phi) is 2.76. The number of nitro benzene ring substituents is 1. The lowest BCUT2D eigenvalue weighted by Gasteiger charge is -1.97. The number of para-hydroxylation sites is 1. The summed E-state index contributed by atoms with van der Waals surface area (Å²) >= 11 is 0. The molecule has 0 heterocycles. The van der Waals surface area contributed by atoms with Gasteiger partial charge in [-0.25, -0.2) is 5.11 Å². The van der Waals surface area contributed by atoms with Crippen molar-refractivity contribution >= 4 is 5.69 Å². The summed E-state index contributed by atoms with van der Waals surface area (Å²) in [5, 5.41) is 20.7. The molecule has 0 N–H and O–H groups in total. The van der Waals surface area contributed by atoms with Crippen molar-refractivity contribution in [1.29, 1.82) is 0 Å². The fraction of sp³-hybridized carbons (Fsp3) is 0.250. The fourth-order valence-corrected chi connectivity index (χ4v) is 1.01. The molecule has 12 heavy (non-hydrogen) atoms. The zero-order valence-corrected chi connectivity index (χ0v) is 6.40. The van der Waals surface area contributed by atoms with Crippen molar-refractivity contribution in [2.24, 2.45) is 0 Å². The van der Waals surface area contributed by atoms with Gasteiger partial charge in [-0.15, -0.1) is 0 Å². The molecule has 0 fully saturated rings. The van der Waals surface area contributed by atoms with Crippen LogP contribution < -0.4 is 0 Å². The van der Waals surface area contributed by atoms with Gasteiger partial charge in [-0.1, -0.05) is 18.2 Å². The number of rotatable bonds is 3. The predicted molar refractivity (Wildman–Crippen MR) is 42.4 cm³/mol. The molecule has 0 atom stereocenters. The molecular formula is C8H8NO3. The molecule has 0 aliphatic carbocycles. The zero-order chi connectivity index (χ0) is 8.97. The first-order valence-electron chi connectivity index (χ1n) is 3.56. The minimum atomic E-state index is -0.467. The van der Waals surface area contributed by atoms with Crippen molar-refractivity contribution in [2.45, 2.75) is 6.42 Å². The molecule has 1 aromatic rings. The van der Waals surface area contributed by atoms with Crippen molar-refractivity contribution < 1.29 is 10.0 Å². The number of hydrogen-bond acceptors (Lipinski definition) is 2. The van der Waals surface area contributed by atoms with E-state index in [1.54, 1.807) is 18.2 Å². The van der Waals surface area contributed by atoms with E-state index >= 15 is 0 Å². The molecule has 4 heteroatoms. The van der Waals surface area contributed by atoms with Crippen molar-refractivity contribution in [3.8, 4) is 0 Å². The highest BCUT2D eigenvalue weighted by atomic mass is 16.6. The van der Waals surface area contributed by atoms with Gasteiger partial charge >= 0.3 is 0 Å². The van der Waals surface area contributed by atoms with Crippen molar-refractivity contribution in [2.75, 3.05) is 6.61 Å². The third-order valence-electron chi connectivity index (χ3n) is 1.56. The number of nitro groups is 1. The van der Waals surface area contributed by atoms with Crippen LogP contribution in [0.1, 0.15) is 5.56 Å². The molecular weight excluding hydrogens is 158 g/mol. The average molecular weight is 166 g/mol. The van der Waals surface area contributed by atoms with Crippen LogP contribution in [0.25, 0.3) is 0 Å². The maximum absolute atomic E-state index is 10.4. The first-order valence-corrected chi connectivity index (χ1v) is 3.56. The van der Waals surface area contributed by atoms with Gasteiger partial charge in [0.2, 0.25) is 0 Å². The summed E-state index contributed by atoms with van der Waals surface area (Å²) in [4.78, 5) is 9.93. The lowest BCUT2D eigenvalue weighted by molar-refractivity contribution is -0.385. The quantitative estimate of drug-likeness (QED) is 0.505. The lowest BCUT2D eigenvalue weighted by Crippen LogP contribution is -1.96. The Bertz CT molecular complexity index is 285. The predicted octanol–water partition coefficient (Wildman–Crippen LogP) is 1.57. The minimum Gasteiger partial charge on any atom is -0.258 e. The second-order valence-electron chi connectivity index (χ2n) is 2.34.